The van der Waals surface area contributed by atoms with Crippen molar-refractivity contribution in [2.75, 3.05) is 6.54 Å². The average Bonchev–Trinajstić information content (AvgIpc) is 3.02. The van der Waals surface area contributed by atoms with E-state index >= 15 is 0 Å². The van der Waals surface area contributed by atoms with Crippen LogP contribution in [0.4, 0.5) is 4.39 Å². The Morgan fingerprint density at radius 2 is 2.32 bits per heavy atom. The van der Waals surface area contributed by atoms with Crippen LogP contribution >= 0.6 is 0 Å². The molecule has 2 fully saturated rings. The highest BCUT2D eigenvalue weighted by atomic mass is 19.1. The van der Waals surface area contributed by atoms with Crippen LogP contribution < -0.4 is 5.32 Å². The molecular formula is C16H22FNO. The predicted molar refractivity (Wildman–Crippen MR) is 73.4 cm³/mol. The number of ether oxygens (including phenoxy) is 1. The number of benzene rings is 1. The molecule has 2 bridgehead atoms. The standard InChI is InChI=1S/C16H22FNO/c1-2-8-18-16(11-4-3-5-12(17)9-11)14-10-13-6-7-15(14)19-13/h3-5,9,13-16,18H,2,6-8,10H2,1H3. The Bertz CT molecular complexity index is 437. The van der Waals surface area contributed by atoms with Crippen molar-refractivity contribution in [3.63, 3.8) is 0 Å². The number of rotatable bonds is 5. The van der Waals surface area contributed by atoms with E-state index in [0.29, 0.717) is 18.1 Å². The highest BCUT2D eigenvalue weighted by Crippen LogP contribution is 2.44. The number of hydrogen-bond acceptors (Lipinski definition) is 2. The molecule has 104 valence electrons. The molecule has 1 N–H and O–H groups in total. The Morgan fingerprint density at radius 3 is 2.95 bits per heavy atom. The molecule has 2 aliphatic heterocycles. The minimum absolute atomic E-state index is 0.148. The van der Waals surface area contributed by atoms with Gasteiger partial charge in [-0.3, -0.25) is 0 Å². The molecule has 0 radical (unpaired) electrons. The molecule has 0 aromatic heterocycles. The molecule has 4 atom stereocenters. The summed E-state index contributed by atoms with van der Waals surface area (Å²) in [7, 11) is 0. The zero-order chi connectivity index (χ0) is 13.2. The van der Waals surface area contributed by atoms with Crippen molar-refractivity contribution >= 4 is 0 Å². The first-order valence-electron chi connectivity index (χ1n) is 7.42. The molecule has 0 spiro atoms. The number of fused-ring (bicyclic) bond motifs is 2. The summed E-state index contributed by atoms with van der Waals surface area (Å²) in [4.78, 5) is 0. The molecule has 2 aliphatic rings. The van der Waals surface area contributed by atoms with E-state index in [4.69, 9.17) is 4.74 Å². The van der Waals surface area contributed by atoms with Gasteiger partial charge < -0.3 is 10.1 Å². The first-order valence-corrected chi connectivity index (χ1v) is 7.42. The molecule has 1 aromatic rings. The lowest BCUT2D eigenvalue weighted by Gasteiger charge is -2.30. The van der Waals surface area contributed by atoms with E-state index in [-0.39, 0.29) is 11.9 Å². The van der Waals surface area contributed by atoms with E-state index < -0.39 is 0 Å². The van der Waals surface area contributed by atoms with Crippen molar-refractivity contribution in [2.45, 2.75) is 50.9 Å². The number of nitrogens with one attached hydrogen (secondary N) is 1. The normalized spacial score (nSPS) is 30.7. The highest BCUT2D eigenvalue weighted by molar-refractivity contribution is 5.22. The van der Waals surface area contributed by atoms with Crippen molar-refractivity contribution < 1.29 is 9.13 Å². The molecule has 2 heterocycles. The summed E-state index contributed by atoms with van der Waals surface area (Å²) in [6.45, 7) is 3.13. The van der Waals surface area contributed by atoms with E-state index in [9.17, 15) is 4.39 Å². The van der Waals surface area contributed by atoms with Crippen LogP contribution in [0.3, 0.4) is 0 Å². The number of halogens is 1. The third-order valence-electron chi connectivity index (χ3n) is 4.40. The molecule has 2 saturated heterocycles. The maximum atomic E-state index is 13.5. The quantitative estimate of drug-likeness (QED) is 0.878. The van der Waals surface area contributed by atoms with E-state index in [0.717, 1.165) is 31.4 Å². The van der Waals surface area contributed by atoms with Crippen molar-refractivity contribution in [1.82, 2.24) is 5.32 Å². The summed E-state index contributed by atoms with van der Waals surface area (Å²) in [6.07, 6.45) is 5.37. The Hall–Kier alpha value is -0.930. The minimum Gasteiger partial charge on any atom is -0.375 e. The Kier molecular flexibility index (Phi) is 3.85. The maximum Gasteiger partial charge on any atom is 0.123 e. The van der Waals surface area contributed by atoms with Gasteiger partial charge in [0.15, 0.2) is 0 Å². The van der Waals surface area contributed by atoms with Crippen LogP contribution in [0.2, 0.25) is 0 Å². The molecule has 3 rings (SSSR count). The predicted octanol–water partition coefficient (Wildman–Crippen LogP) is 3.43. The summed E-state index contributed by atoms with van der Waals surface area (Å²) in [6, 6.07) is 7.24. The van der Waals surface area contributed by atoms with E-state index in [1.165, 1.54) is 12.5 Å². The summed E-state index contributed by atoms with van der Waals surface area (Å²) in [5, 5.41) is 3.59. The molecule has 3 heteroatoms. The van der Waals surface area contributed by atoms with Gasteiger partial charge in [-0.25, -0.2) is 4.39 Å². The summed E-state index contributed by atoms with van der Waals surface area (Å²) < 4.78 is 19.4. The largest absolute Gasteiger partial charge is 0.375 e. The smallest absolute Gasteiger partial charge is 0.123 e. The van der Waals surface area contributed by atoms with Crippen molar-refractivity contribution in [3.8, 4) is 0 Å². The highest BCUT2D eigenvalue weighted by Gasteiger charge is 2.44. The van der Waals surface area contributed by atoms with Crippen LogP contribution in [0.15, 0.2) is 24.3 Å². The van der Waals surface area contributed by atoms with Crippen LogP contribution in [0.5, 0.6) is 0 Å². The Labute approximate surface area is 114 Å². The van der Waals surface area contributed by atoms with Crippen LogP contribution in [0.25, 0.3) is 0 Å². The fourth-order valence-electron chi connectivity index (χ4n) is 3.54. The SMILES string of the molecule is CCCNC(c1cccc(F)c1)C1CC2CCC1O2. The van der Waals surface area contributed by atoms with Crippen LogP contribution in [-0.2, 0) is 4.74 Å². The monoisotopic (exact) mass is 263 g/mol. The second kappa shape index (κ2) is 5.59. The maximum absolute atomic E-state index is 13.5. The van der Waals surface area contributed by atoms with E-state index in [2.05, 4.69) is 12.2 Å². The molecule has 19 heavy (non-hydrogen) atoms. The first kappa shape index (κ1) is 13.1. The van der Waals surface area contributed by atoms with E-state index in [1.807, 2.05) is 6.07 Å². The van der Waals surface area contributed by atoms with Gasteiger partial charge in [0.2, 0.25) is 0 Å². The van der Waals surface area contributed by atoms with Gasteiger partial charge in [-0.2, -0.15) is 0 Å². The lowest BCUT2D eigenvalue weighted by molar-refractivity contribution is 0.0856. The fraction of sp³-hybridized carbons (Fsp3) is 0.625. The molecule has 0 saturated carbocycles. The zero-order valence-corrected chi connectivity index (χ0v) is 11.4. The van der Waals surface area contributed by atoms with Gasteiger partial charge in [0.05, 0.1) is 12.2 Å². The van der Waals surface area contributed by atoms with Gasteiger partial charge in [0.1, 0.15) is 5.82 Å². The van der Waals surface area contributed by atoms with Gasteiger partial charge >= 0.3 is 0 Å². The van der Waals surface area contributed by atoms with Crippen LogP contribution in [-0.4, -0.2) is 18.8 Å². The molecule has 4 unspecified atom stereocenters. The fourth-order valence-corrected chi connectivity index (χ4v) is 3.54. The molecule has 2 nitrogen and oxygen atoms in total. The topological polar surface area (TPSA) is 21.3 Å². The van der Waals surface area contributed by atoms with Gasteiger partial charge in [-0.15, -0.1) is 0 Å². The van der Waals surface area contributed by atoms with Gasteiger partial charge in [0, 0.05) is 12.0 Å². The van der Waals surface area contributed by atoms with Gasteiger partial charge in [-0.1, -0.05) is 19.1 Å². The van der Waals surface area contributed by atoms with Crippen molar-refractivity contribution in [2.24, 2.45) is 5.92 Å². The third-order valence-corrected chi connectivity index (χ3v) is 4.40. The Morgan fingerprint density at radius 1 is 1.42 bits per heavy atom. The second-order valence-corrected chi connectivity index (χ2v) is 5.76. The van der Waals surface area contributed by atoms with Crippen molar-refractivity contribution in [3.05, 3.63) is 35.6 Å². The minimum atomic E-state index is -0.148. The summed E-state index contributed by atoms with van der Waals surface area (Å²) in [5.41, 5.74) is 1.06. The van der Waals surface area contributed by atoms with Gasteiger partial charge in [0.25, 0.3) is 0 Å². The van der Waals surface area contributed by atoms with Crippen LogP contribution in [0, 0.1) is 11.7 Å². The average molecular weight is 263 g/mol. The second-order valence-electron chi connectivity index (χ2n) is 5.76. The zero-order valence-electron chi connectivity index (χ0n) is 11.4. The third kappa shape index (κ3) is 2.67. The molecule has 0 amide bonds. The van der Waals surface area contributed by atoms with E-state index in [1.54, 1.807) is 12.1 Å². The number of hydrogen-bond donors (Lipinski definition) is 1. The molecule has 1 aromatic carbocycles. The summed E-state index contributed by atoms with van der Waals surface area (Å²) >= 11 is 0. The summed E-state index contributed by atoms with van der Waals surface area (Å²) in [5.74, 6) is 0.344. The first-order chi connectivity index (χ1) is 9.28. The lowest BCUT2D eigenvalue weighted by atomic mass is 9.81. The van der Waals surface area contributed by atoms with Crippen molar-refractivity contribution in [1.29, 1.82) is 0 Å². The molecule has 0 aliphatic carbocycles. The van der Waals surface area contributed by atoms with Gasteiger partial charge in [-0.05, 0) is 49.9 Å². The van der Waals surface area contributed by atoms with Crippen LogP contribution in [0.1, 0.15) is 44.2 Å². The lowest BCUT2D eigenvalue weighted by Crippen LogP contribution is -2.34. The Balaban J connectivity index is 1.81. The molecular weight excluding hydrogens is 241 g/mol.